The Labute approximate surface area is 312 Å². The molecular weight excluding hydrogens is 657 g/mol. The second-order valence-corrected chi connectivity index (χ2v) is 14.2. The molecular formula is C51H34N2O. The topological polar surface area (TPSA) is 21.3 Å². The molecule has 0 bridgehead atoms. The van der Waals surface area contributed by atoms with Crippen LogP contribution in [-0.2, 0) is 0 Å². The molecule has 0 spiro atoms. The maximum atomic E-state index is 6.64. The molecule has 0 aliphatic heterocycles. The molecule has 54 heavy (non-hydrogen) atoms. The largest absolute Gasteiger partial charge is 0.455 e. The second kappa shape index (κ2) is 12.0. The summed E-state index contributed by atoms with van der Waals surface area (Å²) in [6.45, 7) is 2.17. The lowest BCUT2D eigenvalue weighted by Gasteiger charge is -2.28. The summed E-state index contributed by atoms with van der Waals surface area (Å²) in [6.07, 6.45) is 0. The number of furan rings is 1. The van der Waals surface area contributed by atoms with Gasteiger partial charge in [-0.25, -0.2) is 0 Å². The van der Waals surface area contributed by atoms with E-state index in [1.54, 1.807) is 0 Å². The van der Waals surface area contributed by atoms with Gasteiger partial charge in [-0.3, -0.25) is 0 Å². The van der Waals surface area contributed by atoms with Crippen molar-refractivity contribution >= 4 is 82.4 Å². The van der Waals surface area contributed by atoms with Gasteiger partial charge in [0.05, 0.1) is 16.7 Å². The monoisotopic (exact) mass is 690 g/mol. The van der Waals surface area contributed by atoms with E-state index in [0.717, 1.165) is 61.0 Å². The molecule has 11 aromatic rings. The number of aromatic nitrogens is 1. The fourth-order valence-electron chi connectivity index (χ4n) is 8.62. The van der Waals surface area contributed by atoms with E-state index in [-0.39, 0.29) is 0 Å². The highest BCUT2D eigenvalue weighted by molar-refractivity contribution is 6.21. The Morgan fingerprint density at radius 2 is 1.15 bits per heavy atom. The Morgan fingerprint density at radius 3 is 2.00 bits per heavy atom. The van der Waals surface area contributed by atoms with E-state index in [1.165, 1.54) is 43.8 Å². The number of aryl methyl sites for hydroxylation is 1. The van der Waals surface area contributed by atoms with Gasteiger partial charge >= 0.3 is 0 Å². The predicted molar refractivity (Wildman–Crippen MR) is 228 cm³/mol. The molecule has 9 aromatic carbocycles. The maximum absolute atomic E-state index is 6.64. The average Bonchev–Trinajstić information content (AvgIpc) is 3.78. The second-order valence-electron chi connectivity index (χ2n) is 14.2. The molecule has 0 unspecified atom stereocenters. The first kappa shape index (κ1) is 30.5. The highest BCUT2D eigenvalue weighted by Gasteiger charge is 2.23. The molecule has 2 aromatic heterocycles. The van der Waals surface area contributed by atoms with Gasteiger partial charge < -0.3 is 13.9 Å². The highest BCUT2D eigenvalue weighted by Crippen LogP contribution is 2.47. The van der Waals surface area contributed by atoms with Gasteiger partial charge in [-0.2, -0.15) is 0 Å². The molecule has 0 saturated carbocycles. The van der Waals surface area contributed by atoms with Crippen LogP contribution in [0.2, 0.25) is 0 Å². The summed E-state index contributed by atoms with van der Waals surface area (Å²) >= 11 is 0. The van der Waals surface area contributed by atoms with Gasteiger partial charge in [0.1, 0.15) is 11.2 Å². The van der Waals surface area contributed by atoms with Gasteiger partial charge in [0.15, 0.2) is 0 Å². The number of fused-ring (bicyclic) bond motifs is 10. The SMILES string of the molecule is Cc1cccc2oc3c4ccccc4c(N(c4cccc(-c5ccccc5)c4)c4ccc5c6ccc7ccccc7c6n(-c6ccccc6)c5c4)cc3c12. The minimum absolute atomic E-state index is 0.908. The fourth-order valence-corrected chi connectivity index (χ4v) is 8.62. The summed E-state index contributed by atoms with van der Waals surface area (Å²) in [5.74, 6) is 0. The molecule has 254 valence electrons. The molecule has 0 amide bonds. The zero-order valence-electron chi connectivity index (χ0n) is 29.7. The fraction of sp³-hybridized carbons (Fsp3) is 0.0196. The summed E-state index contributed by atoms with van der Waals surface area (Å²) < 4.78 is 9.09. The van der Waals surface area contributed by atoms with E-state index in [1.807, 2.05) is 0 Å². The van der Waals surface area contributed by atoms with E-state index in [9.17, 15) is 0 Å². The molecule has 0 saturated heterocycles. The molecule has 3 nitrogen and oxygen atoms in total. The van der Waals surface area contributed by atoms with Crippen LogP contribution in [-0.4, -0.2) is 4.57 Å². The van der Waals surface area contributed by atoms with Gasteiger partial charge in [-0.15, -0.1) is 0 Å². The average molecular weight is 691 g/mol. The van der Waals surface area contributed by atoms with Gasteiger partial charge in [0.25, 0.3) is 0 Å². The van der Waals surface area contributed by atoms with E-state index in [4.69, 9.17) is 4.42 Å². The lowest BCUT2D eigenvalue weighted by atomic mass is 9.99. The summed E-state index contributed by atoms with van der Waals surface area (Å²) in [5.41, 5.74) is 12.1. The first-order valence-corrected chi connectivity index (χ1v) is 18.5. The summed E-state index contributed by atoms with van der Waals surface area (Å²) in [5, 5.41) is 9.42. The first-order chi connectivity index (χ1) is 26.7. The number of para-hydroxylation sites is 1. The number of anilines is 3. The Bertz CT molecular complexity index is 3230. The highest BCUT2D eigenvalue weighted by atomic mass is 16.3. The number of hydrogen-bond donors (Lipinski definition) is 0. The van der Waals surface area contributed by atoms with Crippen molar-refractivity contribution in [2.75, 3.05) is 4.90 Å². The molecule has 0 atom stereocenters. The molecule has 0 radical (unpaired) electrons. The van der Waals surface area contributed by atoms with Crippen molar-refractivity contribution in [1.29, 1.82) is 0 Å². The number of rotatable bonds is 5. The standard InChI is InChI=1S/C51H34N2O/c1-33-14-12-25-48-49(33)45-32-47(41-23-10-11-24-44(41)51(45)54-48)52(38-21-13-18-36(30-38)34-15-4-2-5-16-34)39-27-29-42-43-28-26-35-17-8-9-22-40(35)50(43)53(46(42)31-39)37-19-6-3-7-20-37/h2-32H,1H3. The Kier molecular flexibility index (Phi) is 6.77. The van der Waals surface area contributed by atoms with Crippen LogP contribution in [0.15, 0.2) is 192 Å². The van der Waals surface area contributed by atoms with Crippen LogP contribution < -0.4 is 4.90 Å². The van der Waals surface area contributed by atoms with E-state index < -0.39 is 0 Å². The number of hydrogen-bond acceptors (Lipinski definition) is 2. The van der Waals surface area contributed by atoms with Crippen molar-refractivity contribution in [2.45, 2.75) is 6.92 Å². The van der Waals surface area contributed by atoms with Crippen LogP contribution in [0.4, 0.5) is 17.1 Å². The van der Waals surface area contributed by atoms with Crippen LogP contribution >= 0.6 is 0 Å². The van der Waals surface area contributed by atoms with Crippen LogP contribution in [0, 0.1) is 6.92 Å². The lowest BCUT2D eigenvalue weighted by Crippen LogP contribution is -2.11. The van der Waals surface area contributed by atoms with Crippen molar-refractivity contribution in [1.82, 2.24) is 4.57 Å². The molecule has 0 N–H and O–H groups in total. The lowest BCUT2D eigenvalue weighted by molar-refractivity contribution is 0.672. The van der Waals surface area contributed by atoms with Crippen LogP contribution in [0.3, 0.4) is 0 Å². The third kappa shape index (κ3) is 4.62. The van der Waals surface area contributed by atoms with Crippen molar-refractivity contribution in [2.24, 2.45) is 0 Å². The van der Waals surface area contributed by atoms with Gasteiger partial charge in [0.2, 0.25) is 0 Å². The predicted octanol–water partition coefficient (Wildman–Crippen LogP) is 14.4. The zero-order chi connectivity index (χ0) is 35.8. The van der Waals surface area contributed by atoms with Gasteiger partial charge in [-0.1, -0.05) is 140 Å². The normalized spacial score (nSPS) is 11.8. The van der Waals surface area contributed by atoms with Crippen molar-refractivity contribution in [3.05, 3.63) is 194 Å². The van der Waals surface area contributed by atoms with Crippen molar-refractivity contribution in [3.63, 3.8) is 0 Å². The Morgan fingerprint density at radius 1 is 0.463 bits per heavy atom. The van der Waals surface area contributed by atoms with Crippen LogP contribution in [0.1, 0.15) is 5.56 Å². The molecule has 0 fully saturated rings. The van der Waals surface area contributed by atoms with Crippen molar-refractivity contribution in [3.8, 4) is 16.8 Å². The third-order valence-corrected chi connectivity index (χ3v) is 11.1. The molecule has 0 aliphatic rings. The minimum atomic E-state index is 0.908. The molecule has 2 heterocycles. The smallest absolute Gasteiger partial charge is 0.143 e. The van der Waals surface area contributed by atoms with Crippen LogP contribution in [0.5, 0.6) is 0 Å². The quantitative estimate of drug-likeness (QED) is 0.179. The Hall–Kier alpha value is -7.10. The molecule has 3 heteroatoms. The number of benzene rings is 9. The van der Waals surface area contributed by atoms with Crippen molar-refractivity contribution < 1.29 is 4.42 Å². The molecule has 0 aliphatic carbocycles. The van der Waals surface area contributed by atoms with Gasteiger partial charge in [-0.05, 0) is 77.5 Å². The minimum Gasteiger partial charge on any atom is -0.455 e. The van der Waals surface area contributed by atoms with E-state index in [0.29, 0.717) is 0 Å². The van der Waals surface area contributed by atoms with Crippen LogP contribution in [0.25, 0.3) is 82.1 Å². The third-order valence-electron chi connectivity index (χ3n) is 11.1. The van der Waals surface area contributed by atoms with E-state index >= 15 is 0 Å². The summed E-state index contributed by atoms with van der Waals surface area (Å²) in [4.78, 5) is 2.44. The summed E-state index contributed by atoms with van der Waals surface area (Å²) in [6, 6.07) is 67.9. The molecule has 11 rings (SSSR count). The van der Waals surface area contributed by atoms with Gasteiger partial charge in [0, 0.05) is 54.8 Å². The zero-order valence-corrected chi connectivity index (χ0v) is 29.7. The van der Waals surface area contributed by atoms with E-state index in [2.05, 4.69) is 204 Å². The summed E-state index contributed by atoms with van der Waals surface area (Å²) in [7, 11) is 0. The Balaban J connectivity index is 1.26. The maximum Gasteiger partial charge on any atom is 0.143 e. The number of nitrogens with zero attached hydrogens (tertiary/aromatic N) is 2. The first-order valence-electron chi connectivity index (χ1n) is 18.5.